The van der Waals surface area contributed by atoms with Gasteiger partial charge in [0.05, 0.1) is 0 Å². The van der Waals surface area contributed by atoms with Gasteiger partial charge in [-0.25, -0.2) is 0 Å². The maximum atomic E-state index is 5.30. The molecule has 0 aromatic rings. The second kappa shape index (κ2) is 7.56. The predicted molar refractivity (Wildman–Crippen MR) is 40.0 cm³/mol. The average molecular weight is 221 g/mol. The summed E-state index contributed by atoms with van der Waals surface area (Å²) >= 11 is 0. The summed E-state index contributed by atoms with van der Waals surface area (Å²) < 4.78 is 1.92. The van der Waals surface area contributed by atoms with Crippen molar-refractivity contribution in [3.8, 4) is 0 Å². The van der Waals surface area contributed by atoms with Crippen LogP contribution in [0.5, 0.6) is 0 Å². The van der Waals surface area contributed by atoms with Gasteiger partial charge in [-0.3, -0.25) is 0 Å². The Morgan fingerprint density at radius 1 is 1.67 bits per heavy atom. The summed E-state index contributed by atoms with van der Waals surface area (Å²) in [6, 6.07) is 0.178. The van der Waals surface area contributed by atoms with E-state index in [0.29, 0.717) is 6.54 Å². The molecule has 0 aliphatic heterocycles. The van der Waals surface area contributed by atoms with Crippen molar-refractivity contribution >= 4 is 9.39 Å². The van der Waals surface area contributed by atoms with Crippen molar-refractivity contribution in [2.24, 2.45) is 5.73 Å². The molecule has 4 heteroatoms. The molecule has 2 atom stereocenters. The van der Waals surface area contributed by atoms with Crippen molar-refractivity contribution in [2.45, 2.75) is 6.04 Å². The molecule has 0 aliphatic carbocycles. The van der Waals surface area contributed by atoms with Gasteiger partial charge in [0.25, 0.3) is 0 Å². The fourth-order valence-electron chi connectivity index (χ4n) is 0.318. The molecule has 2 unspecified atom stereocenters. The van der Waals surface area contributed by atoms with Crippen molar-refractivity contribution in [2.75, 3.05) is 13.1 Å². The number of nitrogens with two attached hydrogens (primary N) is 1. The summed E-state index contributed by atoms with van der Waals surface area (Å²) in [6.07, 6.45) is 0. The first-order valence-corrected chi connectivity index (χ1v) is 3.07. The van der Waals surface area contributed by atoms with E-state index in [0.717, 1.165) is 6.54 Å². The quantitative estimate of drug-likeness (QED) is 0.539. The molecule has 0 heterocycles. The van der Waals surface area contributed by atoms with Gasteiger partial charge in [-0.15, -0.1) is 12.6 Å². The van der Waals surface area contributed by atoms with E-state index in [1.165, 1.54) is 0 Å². The van der Waals surface area contributed by atoms with Gasteiger partial charge in [0.1, 0.15) is 0 Å². The average Bonchev–Trinajstić information content (AvgIpc) is 1.84. The summed E-state index contributed by atoms with van der Waals surface area (Å²) in [4.78, 5) is 0. The van der Waals surface area contributed by atoms with Crippen molar-refractivity contribution in [1.29, 1.82) is 0 Å². The Labute approximate surface area is 85.1 Å². The van der Waals surface area contributed by atoms with E-state index in [4.69, 9.17) is 5.73 Å². The molecular formula is C5H13N2PY-2. The molecule has 0 saturated heterocycles. The molecule has 1 radical (unpaired) electrons. The molecule has 0 bridgehead atoms. The second-order valence-electron chi connectivity index (χ2n) is 1.63. The Hall–Kier alpha value is 1.45. The standard InChI is InChI=1S/C5H13N2P.Y/c1-3-7(8)5(2)4-6;/h5H,1-4,6,8H2;/q-2;. The fourth-order valence-corrected chi connectivity index (χ4v) is 0.440. The van der Waals surface area contributed by atoms with E-state index in [1.807, 2.05) is 4.67 Å². The van der Waals surface area contributed by atoms with E-state index in [1.54, 1.807) is 0 Å². The van der Waals surface area contributed by atoms with Crippen LogP contribution < -0.4 is 5.73 Å². The fraction of sp³-hybridized carbons (Fsp3) is 0.600. The number of hydrogen-bond donors (Lipinski definition) is 1. The Balaban J connectivity index is 0. The van der Waals surface area contributed by atoms with E-state index < -0.39 is 0 Å². The monoisotopic (exact) mass is 221 g/mol. The summed E-state index contributed by atoms with van der Waals surface area (Å²) in [7, 11) is 2.52. The molecule has 2 nitrogen and oxygen atoms in total. The van der Waals surface area contributed by atoms with Gasteiger partial charge < -0.3 is 24.3 Å². The van der Waals surface area contributed by atoms with Crippen LogP contribution in [-0.2, 0) is 32.7 Å². The minimum atomic E-state index is 0. The van der Waals surface area contributed by atoms with Gasteiger partial charge in [0.15, 0.2) is 0 Å². The number of rotatable bonds is 3. The summed E-state index contributed by atoms with van der Waals surface area (Å²) in [5.74, 6) is 0. The predicted octanol–water partition coefficient (Wildman–Crippen LogP) is 0.0715. The van der Waals surface area contributed by atoms with Crippen LogP contribution in [-0.4, -0.2) is 23.8 Å². The first kappa shape index (κ1) is 13.1. The molecule has 0 spiro atoms. The number of nitrogens with zero attached hydrogens (tertiary/aromatic N) is 1. The number of hydrogen-bond acceptors (Lipinski definition) is 2. The molecular weight excluding hydrogens is 208 g/mol. The molecule has 0 amide bonds. The van der Waals surface area contributed by atoms with E-state index in [-0.39, 0.29) is 38.8 Å². The molecule has 2 N–H and O–H groups in total. The maximum Gasteiger partial charge on any atom is 0 e. The van der Waals surface area contributed by atoms with Crippen LogP contribution in [0, 0.1) is 13.8 Å². The largest absolute Gasteiger partial charge is 0.343 e. The van der Waals surface area contributed by atoms with Gasteiger partial charge in [-0.1, -0.05) is 9.39 Å². The Bertz CT molecular complexity index is 54.9. The smallest absolute Gasteiger partial charge is 0 e. The van der Waals surface area contributed by atoms with E-state index >= 15 is 0 Å². The first-order chi connectivity index (χ1) is 3.72. The van der Waals surface area contributed by atoms with Crippen molar-refractivity contribution < 1.29 is 32.7 Å². The maximum absolute atomic E-state index is 5.30. The first-order valence-electron chi connectivity index (χ1n) is 2.56. The van der Waals surface area contributed by atoms with Crippen LogP contribution in [0.25, 0.3) is 0 Å². The van der Waals surface area contributed by atoms with E-state index in [9.17, 15) is 0 Å². The van der Waals surface area contributed by atoms with Crippen LogP contribution in [0.1, 0.15) is 0 Å². The van der Waals surface area contributed by atoms with Crippen molar-refractivity contribution in [1.82, 2.24) is 4.67 Å². The van der Waals surface area contributed by atoms with Crippen LogP contribution in [0.3, 0.4) is 0 Å². The van der Waals surface area contributed by atoms with Gasteiger partial charge >= 0.3 is 0 Å². The van der Waals surface area contributed by atoms with Gasteiger partial charge in [0.2, 0.25) is 0 Å². The Kier molecular flexibility index (Phi) is 11.0. The minimum Gasteiger partial charge on any atom is -0.343 e. The zero-order valence-corrected chi connectivity index (χ0v) is 9.58. The van der Waals surface area contributed by atoms with Gasteiger partial charge in [0, 0.05) is 32.7 Å². The van der Waals surface area contributed by atoms with Gasteiger partial charge in [-0.2, -0.15) is 0 Å². The topological polar surface area (TPSA) is 29.3 Å². The van der Waals surface area contributed by atoms with Gasteiger partial charge in [-0.05, 0) is 6.54 Å². The van der Waals surface area contributed by atoms with E-state index in [2.05, 4.69) is 23.2 Å². The third-order valence-corrected chi connectivity index (χ3v) is 1.68. The van der Waals surface area contributed by atoms with Crippen LogP contribution in [0.15, 0.2) is 0 Å². The molecule has 0 fully saturated rings. The summed E-state index contributed by atoms with van der Waals surface area (Å²) in [5, 5.41) is 0. The molecule has 53 valence electrons. The van der Waals surface area contributed by atoms with Crippen molar-refractivity contribution in [3.63, 3.8) is 0 Å². The van der Waals surface area contributed by atoms with Crippen LogP contribution in [0.4, 0.5) is 0 Å². The third kappa shape index (κ3) is 5.88. The second-order valence-corrected chi connectivity index (χ2v) is 2.29. The molecule has 0 aromatic carbocycles. The van der Waals surface area contributed by atoms with Crippen molar-refractivity contribution in [3.05, 3.63) is 13.8 Å². The molecule has 0 aliphatic rings. The molecule has 9 heavy (non-hydrogen) atoms. The summed E-state index contributed by atoms with van der Waals surface area (Å²) in [5.41, 5.74) is 5.30. The third-order valence-electron chi connectivity index (χ3n) is 0.999. The SMILES string of the molecule is [CH2-]CN(P)C([CH2-])CN.[Y]. The molecule has 0 rings (SSSR count). The zero-order valence-electron chi connectivity index (χ0n) is 5.59. The van der Waals surface area contributed by atoms with Crippen LogP contribution in [0.2, 0.25) is 0 Å². The zero-order chi connectivity index (χ0) is 6.57. The summed E-state index contributed by atoms with van der Waals surface area (Å²) in [6.45, 7) is 8.75. The minimum absolute atomic E-state index is 0. The Morgan fingerprint density at radius 3 is 2.22 bits per heavy atom. The van der Waals surface area contributed by atoms with Crippen LogP contribution >= 0.6 is 9.39 Å². The normalized spacial score (nSPS) is 13.0. The molecule has 0 saturated carbocycles. The molecule has 0 aromatic heterocycles. The Morgan fingerprint density at radius 2 is 2.11 bits per heavy atom.